The highest BCUT2D eigenvalue weighted by molar-refractivity contribution is 6.02. The molecule has 0 radical (unpaired) electrons. The number of esters is 1. The SMILES string of the molecule is COc1ccc(OC)c(C(=O)COC(=O)c2ccc3c(=O)n4c(nc3c2)CCC4)c1. The predicted octanol–water partition coefficient (Wildman–Crippen LogP) is 2.40. The Morgan fingerprint density at radius 3 is 2.70 bits per heavy atom. The molecule has 1 aromatic heterocycles. The Labute approximate surface area is 172 Å². The van der Waals surface area contributed by atoms with Gasteiger partial charge >= 0.3 is 5.97 Å². The van der Waals surface area contributed by atoms with E-state index in [4.69, 9.17) is 14.2 Å². The van der Waals surface area contributed by atoms with Crippen LogP contribution in [0.4, 0.5) is 0 Å². The van der Waals surface area contributed by atoms with Crippen LogP contribution in [0.2, 0.25) is 0 Å². The summed E-state index contributed by atoms with van der Waals surface area (Å²) in [6.07, 6.45) is 1.61. The van der Waals surface area contributed by atoms with Crippen LogP contribution in [0.25, 0.3) is 10.9 Å². The number of Topliss-reactive ketones (excluding diaryl/α,β-unsaturated/α-hetero) is 1. The third-order valence-corrected chi connectivity index (χ3v) is 5.09. The number of ether oxygens (including phenoxy) is 3. The Bertz CT molecular complexity index is 1210. The zero-order valence-electron chi connectivity index (χ0n) is 16.6. The number of rotatable bonds is 6. The molecule has 8 nitrogen and oxygen atoms in total. The molecular weight excluding hydrogens is 388 g/mol. The van der Waals surface area contributed by atoms with Gasteiger partial charge in [-0.25, -0.2) is 9.78 Å². The van der Waals surface area contributed by atoms with Crippen molar-refractivity contribution in [3.8, 4) is 11.5 Å². The van der Waals surface area contributed by atoms with Crippen LogP contribution in [0.3, 0.4) is 0 Å². The van der Waals surface area contributed by atoms with Crippen LogP contribution >= 0.6 is 0 Å². The second-order valence-electron chi connectivity index (χ2n) is 6.89. The first kappa shape index (κ1) is 19.6. The second-order valence-corrected chi connectivity index (χ2v) is 6.89. The van der Waals surface area contributed by atoms with Crippen molar-refractivity contribution in [3.63, 3.8) is 0 Å². The van der Waals surface area contributed by atoms with Gasteiger partial charge in [-0.05, 0) is 42.8 Å². The van der Waals surface area contributed by atoms with Crippen molar-refractivity contribution in [1.82, 2.24) is 9.55 Å². The van der Waals surface area contributed by atoms with E-state index in [1.165, 1.54) is 32.4 Å². The number of carbonyl (C=O) groups excluding carboxylic acids is 2. The normalized spacial score (nSPS) is 12.5. The molecule has 0 bridgehead atoms. The lowest BCUT2D eigenvalue weighted by atomic mass is 10.1. The molecule has 0 saturated heterocycles. The second kappa shape index (κ2) is 7.98. The third kappa shape index (κ3) is 3.52. The monoisotopic (exact) mass is 408 g/mol. The average Bonchev–Trinajstić information content (AvgIpc) is 3.25. The highest BCUT2D eigenvalue weighted by Crippen LogP contribution is 2.24. The molecule has 0 fully saturated rings. The van der Waals surface area contributed by atoms with Crippen molar-refractivity contribution in [2.24, 2.45) is 0 Å². The summed E-state index contributed by atoms with van der Waals surface area (Å²) in [5.74, 6) is 0.480. The van der Waals surface area contributed by atoms with Crippen LogP contribution in [0.15, 0.2) is 41.2 Å². The minimum absolute atomic E-state index is 0.104. The molecule has 0 unspecified atom stereocenters. The number of ketones is 1. The molecule has 2 heterocycles. The Kier molecular flexibility index (Phi) is 5.22. The molecule has 2 aromatic carbocycles. The van der Waals surface area contributed by atoms with Crippen molar-refractivity contribution in [2.75, 3.05) is 20.8 Å². The molecule has 1 aliphatic heterocycles. The van der Waals surface area contributed by atoms with Crippen LogP contribution in [0.1, 0.15) is 33.0 Å². The van der Waals surface area contributed by atoms with Crippen molar-refractivity contribution in [2.45, 2.75) is 19.4 Å². The van der Waals surface area contributed by atoms with Gasteiger partial charge in [-0.1, -0.05) is 0 Å². The van der Waals surface area contributed by atoms with Crippen molar-refractivity contribution in [1.29, 1.82) is 0 Å². The molecule has 30 heavy (non-hydrogen) atoms. The molecule has 1 aliphatic rings. The van der Waals surface area contributed by atoms with Crippen LogP contribution in [-0.2, 0) is 17.7 Å². The van der Waals surface area contributed by atoms with E-state index in [-0.39, 0.29) is 16.7 Å². The molecule has 0 spiro atoms. The Morgan fingerprint density at radius 2 is 1.93 bits per heavy atom. The number of fused-ring (bicyclic) bond motifs is 2. The molecule has 4 rings (SSSR count). The van der Waals surface area contributed by atoms with E-state index in [9.17, 15) is 14.4 Å². The first-order valence-corrected chi connectivity index (χ1v) is 9.47. The molecule has 0 amide bonds. The van der Waals surface area contributed by atoms with Crippen LogP contribution in [-0.4, -0.2) is 42.1 Å². The van der Waals surface area contributed by atoms with E-state index in [0.717, 1.165) is 18.7 Å². The van der Waals surface area contributed by atoms with Crippen molar-refractivity contribution in [3.05, 3.63) is 63.7 Å². The van der Waals surface area contributed by atoms with Gasteiger partial charge in [-0.15, -0.1) is 0 Å². The number of hydrogen-bond acceptors (Lipinski definition) is 7. The number of carbonyl (C=O) groups is 2. The summed E-state index contributed by atoms with van der Waals surface area (Å²) in [5, 5.41) is 0.453. The molecule has 3 aromatic rings. The van der Waals surface area contributed by atoms with E-state index in [1.807, 2.05) is 0 Å². The predicted molar refractivity (Wildman–Crippen MR) is 108 cm³/mol. The van der Waals surface area contributed by atoms with Gasteiger partial charge in [0.05, 0.1) is 36.2 Å². The smallest absolute Gasteiger partial charge is 0.338 e. The van der Waals surface area contributed by atoms with Gasteiger partial charge in [0.15, 0.2) is 6.61 Å². The maximum atomic E-state index is 12.5. The lowest BCUT2D eigenvalue weighted by molar-refractivity contribution is 0.0474. The number of aryl methyl sites for hydroxylation is 1. The van der Waals surface area contributed by atoms with E-state index in [1.54, 1.807) is 22.8 Å². The maximum Gasteiger partial charge on any atom is 0.338 e. The zero-order valence-corrected chi connectivity index (χ0v) is 16.6. The molecule has 0 atom stereocenters. The lowest BCUT2D eigenvalue weighted by Gasteiger charge is -2.10. The van der Waals surface area contributed by atoms with Crippen molar-refractivity contribution >= 4 is 22.7 Å². The van der Waals surface area contributed by atoms with Gasteiger partial charge in [0.1, 0.15) is 17.3 Å². The van der Waals surface area contributed by atoms with Crippen LogP contribution in [0.5, 0.6) is 11.5 Å². The molecule has 8 heteroatoms. The third-order valence-electron chi connectivity index (χ3n) is 5.09. The fraction of sp³-hybridized carbons (Fsp3) is 0.273. The highest BCUT2D eigenvalue weighted by Gasteiger charge is 2.19. The van der Waals surface area contributed by atoms with Crippen LogP contribution < -0.4 is 15.0 Å². The first-order valence-electron chi connectivity index (χ1n) is 9.47. The lowest BCUT2D eigenvalue weighted by Crippen LogP contribution is -2.21. The fourth-order valence-electron chi connectivity index (χ4n) is 3.53. The average molecular weight is 408 g/mol. The molecule has 0 N–H and O–H groups in total. The van der Waals surface area contributed by atoms with Gasteiger partial charge in [0.25, 0.3) is 5.56 Å². The van der Waals surface area contributed by atoms with Crippen molar-refractivity contribution < 1.29 is 23.8 Å². The topological polar surface area (TPSA) is 96.7 Å². The van der Waals surface area contributed by atoms with Gasteiger partial charge in [0.2, 0.25) is 5.78 Å². The van der Waals surface area contributed by atoms with E-state index < -0.39 is 18.4 Å². The van der Waals surface area contributed by atoms with Gasteiger partial charge in [0, 0.05) is 13.0 Å². The summed E-state index contributed by atoms with van der Waals surface area (Å²) in [6, 6.07) is 9.41. The Balaban J connectivity index is 1.53. The number of nitrogens with zero attached hydrogens (tertiary/aromatic N) is 2. The number of methoxy groups -OCH3 is 2. The quantitative estimate of drug-likeness (QED) is 0.456. The summed E-state index contributed by atoms with van der Waals surface area (Å²) in [5.41, 5.74) is 0.826. The fourth-order valence-corrected chi connectivity index (χ4v) is 3.53. The van der Waals surface area contributed by atoms with E-state index >= 15 is 0 Å². The Morgan fingerprint density at radius 1 is 1.10 bits per heavy atom. The highest BCUT2D eigenvalue weighted by atomic mass is 16.5. The summed E-state index contributed by atoms with van der Waals surface area (Å²) >= 11 is 0. The molecular formula is C22H20N2O6. The standard InChI is InChI=1S/C22H20N2O6/c1-28-14-6-8-19(29-2)16(11-14)18(25)12-30-22(27)13-5-7-15-17(10-13)23-20-4-3-9-24(20)21(15)26/h5-8,10-11H,3-4,9,12H2,1-2H3. The number of aromatic nitrogens is 2. The summed E-state index contributed by atoms with van der Waals surface area (Å²) in [7, 11) is 2.94. The number of benzene rings is 2. The molecule has 0 aliphatic carbocycles. The van der Waals surface area contributed by atoms with E-state index in [0.29, 0.717) is 28.9 Å². The largest absolute Gasteiger partial charge is 0.497 e. The van der Waals surface area contributed by atoms with Crippen LogP contribution in [0, 0.1) is 0 Å². The van der Waals surface area contributed by atoms with Gasteiger partial charge < -0.3 is 14.2 Å². The van der Waals surface area contributed by atoms with E-state index in [2.05, 4.69) is 4.98 Å². The van der Waals surface area contributed by atoms with Gasteiger partial charge in [-0.2, -0.15) is 0 Å². The minimum atomic E-state index is -0.672. The summed E-state index contributed by atoms with van der Waals surface area (Å²) in [4.78, 5) is 42.1. The molecule has 154 valence electrons. The molecule has 0 saturated carbocycles. The summed E-state index contributed by atoms with van der Waals surface area (Å²) in [6.45, 7) is 0.206. The first-order chi connectivity index (χ1) is 14.5. The Hall–Kier alpha value is -3.68. The van der Waals surface area contributed by atoms with Gasteiger partial charge in [-0.3, -0.25) is 14.2 Å². The minimum Gasteiger partial charge on any atom is -0.497 e. The summed E-state index contributed by atoms with van der Waals surface area (Å²) < 4.78 is 17.2. The maximum absolute atomic E-state index is 12.5. The zero-order chi connectivity index (χ0) is 21.3. The number of hydrogen-bond donors (Lipinski definition) is 0.